The van der Waals surface area contributed by atoms with Crippen LogP contribution in [0.1, 0.15) is 12.8 Å². The lowest BCUT2D eigenvalue weighted by molar-refractivity contribution is 0.472. The van der Waals surface area contributed by atoms with E-state index in [0.29, 0.717) is 0 Å². The van der Waals surface area contributed by atoms with Gasteiger partial charge in [0.25, 0.3) is 10.1 Å². The van der Waals surface area contributed by atoms with Crippen molar-refractivity contribution in [2.24, 2.45) is 0 Å². The van der Waals surface area contributed by atoms with E-state index in [2.05, 4.69) is 6.58 Å². The van der Waals surface area contributed by atoms with Crippen molar-refractivity contribution in [1.29, 1.82) is 0 Å². The van der Waals surface area contributed by atoms with Gasteiger partial charge < -0.3 is 0 Å². The standard InChI is InChI=1S/C7H12O3S2/c1-2-7(12(8,9)10)6-4-3-5-11-6/h2,6-7H,1,3-5H2,(H,8,9,10). The Kier molecular flexibility index (Phi) is 3.20. The van der Waals surface area contributed by atoms with E-state index in [1.807, 2.05) is 0 Å². The monoisotopic (exact) mass is 208 g/mol. The van der Waals surface area contributed by atoms with Crippen LogP contribution in [0.4, 0.5) is 0 Å². The second-order valence-electron chi connectivity index (χ2n) is 2.77. The van der Waals surface area contributed by atoms with Crippen molar-refractivity contribution < 1.29 is 13.0 Å². The van der Waals surface area contributed by atoms with E-state index in [9.17, 15) is 8.42 Å². The molecule has 0 amide bonds. The Balaban J connectivity index is 2.74. The zero-order chi connectivity index (χ0) is 9.19. The molecule has 70 valence electrons. The predicted molar refractivity (Wildman–Crippen MR) is 51.0 cm³/mol. The quantitative estimate of drug-likeness (QED) is 0.561. The normalized spacial score (nSPS) is 26.9. The summed E-state index contributed by atoms with van der Waals surface area (Å²) in [5.74, 6) is 0.977. The molecule has 1 heterocycles. The number of hydrogen-bond acceptors (Lipinski definition) is 3. The van der Waals surface area contributed by atoms with Crippen LogP contribution in [0.15, 0.2) is 12.7 Å². The maximum atomic E-state index is 10.8. The molecule has 12 heavy (non-hydrogen) atoms. The Labute approximate surface area is 77.0 Å². The second kappa shape index (κ2) is 3.81. The molecule has 5 heteroatoms. The maximum Gasteiger partial charge on any atom is 0.272 e. The first kappa shape index (κ1) is 10.1. The second-order valence-corrected chi connectivity index (χ2v) is 5.69. The Morgan fingerprint density at radius 3 is 2.67 bits per heavy atom. The van der Waals surface area contributed by atoms with Crippen molar-refractivity contribution in [2.75, 3.05) is 5.75 Å². The van der Waals surface area contributed by atoms with Crippen molar-refractivity contribution in [1.82, 2.24) is 0 Å². The summed E-state index contributed by atoms with van der Waals surface area (Å²) in [7, 11) is -3.94. The van der Waals surface area contributed by atoms with Gasteiger partial charge in [-0.25, -0.2) is 0 Å². The van der Waals surface area contributed by atoms with Crippen LogP contribution in [-0.2, 0) is 10.1 Å². The van der Waals surface area contributed by atoms with Gasteiger partial charge in [-0.1, -0.05) is 6.08 Å². The topological polar surface area (TPSA) is 54.4 Å². The fraction of sp³-hybridized carbons (Fsp3) is 0.714. The first-order valence-corrected chi connectivity index (χ1v) is 6.31. The molecule has 1 saturated heterocycles. The van der Waals surface area contributed by atoms with Crippen molar-refractivity contribution in [3.05, 3.63) is 12.7 Å². The smallest absolute Gasteiger partial charge is 0.272 e. The Morgan fingerprint density at radius 2 is 2.33 bits per heavy atom. The molecule has 0 bridgehead atoms. The minimum absolute atomic E-state index is 0.00231. The van der Waals surface area contributed by atoms with Crippen LogP contribution in [0.25, 0.3) is 0 Å². The molecule has 0 radical (unpaired) electrons. The summed E-state index contributed by atoms with van der Waals surface area (Å²) in [5.41, 5.74) is 0. The number of thioether (sulfide) groups is 1. The van der Waals surface area contributed by atoms with E-state index < -0.39 is 15.4 Å². The van der Waals surface area contributed by atoms with Crippen LogP contribution in [0.3, 0.4) is 0 Å². The van der Waals surface area contributed by atoms with Crippen molar-refractivity contribution >= 4 is 21.9 Å². The van der Waals surface area contributed by atoms with Crippen molar-refractivity contribution in [3.8, 4) is 0 Å². The molecule has 2 atom stereocenters. The molecule has 0 aromatic carbocycles. The van der Waals surface area contributed by atoms with Gasteiger partial charge in [-0.2, -0.15) is 20.2 Å². The molecule has 1 N–H and O–H groups in total. The summed E-state index contributed by atoms with van der Waals surface area (Å²) < 4.78 is 30.5. The zero-order valence-electron chi connectivity index (χ0n) is 6.64. The van der Waals surface area contributed by atoms with Crippen LogP contribution in [0.5, 0.6) is 0 Å². The summed E-state index contributed by atoms with van der Waals surface area (Å²) in [6, 6.07) is 0. The van der Waals surface area contributed by atoms with E-state index in [1.54, 1.807) is 11.8 Å². The highest BCUT2D eigenvalue weighted by atomic mass is 32.2. The molecule has 1 rings (SSSR count). The summed E-state index contributed by atoms with van der Waals surface area (Å²) in [4.78, 5) is 0. The highest BCUT2D eigenvalue weighted by molar-refractivity contribution is 8.01. The molecular weight excluding hydrogens is 196 g/mol. The summed E-state index contributed by atoms with van der Waals surface area (Å²) in [5, 5.41) is -0.789. The molecule has 0 saturated carbocycles. The average Bonchev–Trinajstić information content (AvgIpc) is 2.38. The largest absolute Gasteiger partial charge is 0.285 e. The molecule has 1 aliphatic heterocycles. The summed E-state index contributed by atoms with van der Waals surface area (Å²) in [6.07, 6.45) is 3.19. The first-order valence-electron chi connectivity index (χ1n) is 3.76. The highest BCUT2D eigenvalue weighted by Crippen LogP contribution is 2.31. The first-order chi connectivity index (χ1) is 5.55. The van der Waals surface area contributed by atoms with Gasteiger partial charge >= 0.3 is 0 Å². The zero-order valence-corrected chi connectivity index (χ0v) is 8.27. The summed E-state index contributed by atoms with van der Waals surface area (Å²) >= 11 is 1.59. The van der Waals surface area contributed by atoms with Crippen LogP contribution >= 0.6 is 11.8 Å². The van der Waals surface area contributed by atoms with Gasteiger partial charge in [0.1, 0.15) is 5.25 Å². The minimum Gasteiger partial charge on any atom is -0.285 e. The fourth-order valence-electron chi connectivity index (χ4n) is 1.33. The molecular formula is C7H12O3S2. The van der Waals surface area contributed by atoms with E-state index in [4.69, 9.17) is 4.55 Å². The number of hydrogen-bond donors (Lipinski definition) is 1. The van der Waals surface area contributed by atoms with Crippen LogP contribution < -0.4 is 0 Å². The average molecular weight is 208 g/mol. The molecule has 0 aliphatic carbocycles. The van der Waals surface area contributed by atoms with Gasteiger partial charge in [0.05, 0.1) is 0 Å². The number of rotatable bonds is 3. The van der Waals surface area contributed by atoms with Crippen molar-refractivity contribution in [2.45, 2.75) is 23.3 Å². The SMILES string of the molecule is C=CC(C1CCCS1)S(=O)(=O)O. The summed E-state index contributed by atoms with van der Waals surface area (Å²) in [6.45, 7) is 3.42. The third kappa shape index (κ3) is 2.24. The van der Waals surface area contributed by atoms with Gasteiger partial charge in [0, 0.05) is 5.25 Å². The van der Waals surface area contributed by atoms with Gasteiger partial charge in [0.15, 0.2) is 0 Å². The van der Waals surface area contributed by atoms with Gasteiger partial charge in [-0.05, 0) is 18.6 Å². The minimum atomic E-state index is -3.94. The lowest BCUT2D eigenvalue weighted by atomic mass is 10.2. The lowest BCUT2D eigenvalue weighted by Gasteiger charge is -2.15. The van der Waals surface area contributed by atoms with E-state index in [-0.39, 0.29) is 5.25 Å². The maximum absolute atomic E-state index is 10.8. The van der Waals surface area contributed by atoms with E-state index in [1.165, 1.54) is 6.08 Å². The predicted octanol–water partition coefficient (Wildman–Crippen LogP) is 1.32. The Bertz CT molecular complexity index is 252. The van der Waals surface area contributed by atoms with Crippen LogP contribution in [-0.4, -0.2) is 29.2 Å². The Hall–Kier alpha value is -0.0000000000000000763. The molecule has 0 spiro atoms. The molecule has 3 nitrogen and oxygen atoms in total. The molecule has 1 fully saturated rings. The molecule has 2 unspecified atom stereocenters. The highest BCUT2D eigenvalue weighted by Gasteiger charge is 2.31. The Morgan fingerprint density at radius 1 is 1.67 bits per heavy atom. The van der Waals surface area contributed by atoms with Crippen molar-refractivity contribution in [3.63, 3.8) is 0 Å². The third-order valence-electron chi connectivity index (χ3n) is 1.91. The van der Waals surface area contributed by atoms with Gasteiger partial charge in [-0.3, -0.25) is 4.55 Å². The van der Waals surface area contributed by atoms with Gasteiger partial charge in [0.2, 0.25) is 0 Å². The molecule has 1 aliphatic rings. The van der Waals surface area contributed by atoms with Gasteiger partial charge in [-0.15, -0.1) is 6.58 Å². The van der Waals surface area contributed by atoms with Crippen LogP contribution in [0, 0.1) is 0 Å². The van der Waals surface area contributed by atoms with E-state index >= 15 is 0 Å². The molecule has 0 aromatic rings. The third-order valence-corrected chi connectivity index (χ3v) is 4.77. The lowest BCUT2D eigenvalue weighted by Crippen LogP contribution is -2.27. The fourth-order valence-corrected chi connectivity index (χ4v) is 4.02. The molecule has 0 aromatic heterocycles. The van der Waals surface area contributed by atoms with E-state index in [0.717, 1.165) is 18.6 Å². The van der Waals surface area contributed by atoms with Crippen LogP contribution in [0.2, 0.25) is 0 Å².